The minimum atomic E-state index is -0.445. The average molecular weight is 291 g/mol. The molecule has 1 aliphatic heterocycles. The van der Waals surface area contributed by atoms with E-state index in [1.54, 1.807) is 0 Å². The van der Waals surface area contributed by atoms with Crippen LogP contribution < -0.4 is 10.1 Å². The van der Waals surface area contributed by atoms with Crippen molar-refractivity contribution >= 4 is 5.97 Å². The summed E-state index contributed by atoms with van der Waals surface area (Å²) >= 11 is 0. The molecule has 116 valence electrons. The van der Waals surface area contributed by atoms with Crippen LogP contribution in [0.25, 0.3) is 0 Å². The zero-order chi connectivity index (χ0) is 15.7. The Morgan fingerprint density at radius 3 is 2.76 bits per heavy atom. The fourth-order valence-corrected chi connectivity index (χ4v) is 2.50. The van der Waals surface area contributed by atoms with Crippen molar-refractivity contribution < 1.29 is 14.3 Å². The van der Waals surface area contributed by atoms with E-state index in [9.17, 15) is 4.79 Å². The number of fused-ring (bicyclic) bond motifs is 1. The van der Waals surface area contributed by atoms with Gasteiger partial charge in [0.25, 0.3) is 0 Å². The molecule has 0 amide bonds. The van der Waals surface area contributed by atoms with Crippen molar-refractivity contribution in [2.45, 2.75) is 58.8 Å². The maximum Gasteiger partial charge on any atom is 0.320 e. The first-order chi connectivity index (χ1) is 9.66. The molecular weight excluding hydrogens is 266 g/mol. The van der Waals surface area contributed by atoms with Crippen LogP contribution in [0.15, 0.2) is 18.2 Å². The Morgan fingerprint density at radius 1 is 1.38 bits per heavy atom. The second-order valence-electron chi connectivity index (χ2n) is 7.13. The third-order valence-electron chi connectivity index (χ3n) is 3.18. The molecule has 0 unspecified atom stereocenters. The molecule has 0 fully saturated rings. The highest BCUT2D eigenvalue weighted by Crippen LogP contribution is 2.37. The molecule has 4 heteroatoms. The van der Waals surface area contributed by atoms with Crippen molar-refractivity contribution in [3.8, 4) is 5.75 Å². The Hall–Kier alpha value is -1.55. The standard InChI is InChI=1S/C17H25NO3/c1-16(2,3)20-14(19)11-18-10-13-8-6-7-12-9-17(4,5)21-15(12)13/h6-8,18H,9-11H2,1-5H3. The fraction of sp³-hybridized carbons (Fsp3) is 0.588. The second-order valence-corrected chi connectivity index (χ2v) is 7.13. The van der Waals surface area contributed by atoms with Crippen LogP contribution in [0.1, 0.15) is 45.7 Å². The molecule has 0 aromatic heterocycles. The Labute approximate surface area is 126 Å². The number of carbonyl (C=O) groups excluding carboxylic acids is 1. The van der Waals surface area contributed by atoms with Crippen molar-refractivity contribution in [2.24, 2.45) is 0 Å². The zero-order valence-corrected chi connectivity index (χ0v) is 13.6. The minimum Gasteiger partial charge on any atom is -0.487 e. The van der Waals surface area contributed by atoms with E-state index in [0.29, 0.717) is 6.54 Å². The van der Waals surface area contributed by atoms with Gasteiger partial charge in [-0.15, -0.1) is 0 Å². The van der Waals surface area contributed by atoms with E-state index in [0.717, 1.165) is 17.7 Å². The van der Waals surface area contributed by atoms with Crippen LogP contribution in [0.3, 0.4) is 0 Å². The first kappa shape index (κ1) is 15.8. The molecule has 2 rings (SSSR count). The number of hydrogen-bond acceptors (Lipinski definition) is 4. The molecule has 0 radical (unpaired) electrons. The monoisotopic (exact) mass is 291 g/mol. The summed E-state index contributed by atoms with van der Waals surface area (Å²) in [6.07, 6.45) is 0.919. The van der Waals surface area contributed by atoms with Crippen LogP contribution in [0.4, 0.5) is 0 Å². The molecule has 0 atom stereocenters. The molecular formula is C17H25NO3. The molecule has 0 spiro atoms. The summed E-state index contributed by atoms with van der Waals surface area (Å²) in [6, 6.07) is 6.16. The van der Waals surface area contributed by atoms with Gasteiger partial charge in [0.2, 0.25) is 0 Å². The number of carbonyl (C=O) groups is 1. The van der Waals surface area contributed by atoms with Crippen molar-refractivity contribution in [1.82, 2.24) is 5.32 Å². The van der Waals surface area contributed by atoms with Gasteiger partial charge >= 0.3 is 5.97 Å². The van der Waals surface area contributed by atoms with Gasteiger partial charge < -0.3 is 14.8 Å². The van der Waals surface area contributed by atoms with E-state index < -0.39 is 5.60 Å². The summed E-state index contributed by atoms with van der Waals surface area (Å²) < 4.78 is 11.3. The predicted molar refractivity (Wildman–Crippen MR) is 82.4 cm³/mol. The van der Waals surface area contributed by atoms with E-state index >= 15 is 0 Å². The van der Waals surface area contributed by atoms with Gasteiger partial charge in [-0.1, -0.05) is 18.2 Å². The molecule has 1 N–H and O–H groups in total. The third kappa shape index (κ3) is 4.46. The number of hydrogen-bond donors (Lipinski definition) is 1. The number of rotatable bonds is 4. The maximum absolute atomic E-state index is 11.7. The van der Waals surface area contributed by atoms with Gasteiger partial charge in [0.05, 0.1) is 6.54 Å². The quantitative estimate of drug-likeness (QED) is 0.867. The van der Waals surface area contributed by atoms with Gasteiger partial charge in [0.15, 0.2) is 0 Å². The molecule has 1 aliphatic rings. The van der Waals surface area contributed by atoms with E-state index in [-0.39, 0.29) is 18.1 Å². The summed E-state index contributed by atoms with van der Waals surface area (Å²) in [5.41, 5.74) is 1.72. The van der Waals surface area contributed by atoms with Crippen LogP contribution in [0, 0.1) is 0 Å². The highest BCUT2D eigenvalue weighted by Gasteiger charge is 2.31. The van der Waals surface area contributed by atoms with Crippen molar-refractivity contribution in [3.05, 3.63) is 29.3 Å². The van der Waals surface area contributed by atoms with Crippen LogP contribution in [-0.4, -0.2) is 23.7 Å². The zero-order valence-electron chi connectivity index (χ0n) is 13.6. The van der Waals surface area contributed by atoms with Crippen molar-refractivity contribution in [2.75, 3.05) is 6.54 Å². The van der Waals surface area contributed by atoms with Gasteiger partial charge in [0.1, 0.15) is 17.0 Å². The van der Waals surface area contributed by atoms with Crippen molar-refractivity contribution in [3.63, 3.8) is 0 Å². The summed E-state index contributed by atoms with van der Waals surface area (Å²) in [5, 5.41) is 3.13. The summed E-state index contributed by atoms with van der Waals surface area (Å²) in [7, 11) is 0. The molecule has 1 aromatic rings. The number of ether oxygens (including phenoxy) is 2. The minimum absolute atomic E-state index is 0.149. The Morgan fingerprint density at radius 2 is 2.10 bits per heavy atom. The van der Waals surface area contributed by atoms with Gasteiger partial charge in [0, 0.05) is 18.5 Å². The summed E-state index contributed by atoms with van der Waals surface area (Å²) in [6.45, 7) is 10.6. The lowest BCUT2D eigenvalue weighted by Crippen LogP contribution is -2.31. The lowest BCUT2D eigenvalue weighted by molar-refractivity contribution is -0.153. The predicted octanol–water partition coefficient (Wildman–Crippen LogP) is 2.83. The number of para-hydroxylation sites is 1. The van der Waals surface area contributed by atoms with E-state index in [1.807, 2.05) is 32.9 Å². The topological polar surface area (TPSA) is 47.6 Å². The molecule has 1 aromatic carbocycles. The molecule has 21 heavy (non-hydrogen) atoms. The molecule has 4 nitrogen and oxygen atoms in total. The van der Waals surface area contributed by atoms with Crippen LogP contribution in [0.2, 0.25) is 0 Å². The Balaban J connectivity index is 1.91. The van der Waals surface area contributed by atoms with Gasteiger partial charge in [-0.25, -0.2) is 0 Å². The maximum atomic E-state index is 11.7. The highest BCUT2D eigenvalue weighted by molar-refractivity contribution is 5.72. The van der Waals surface area contributed by atoms with Gasteiger partial charge in [-0.05, 0) is 40.2 Å². The number of esters is 1. The SMILES string of the molecule is CC(C)(C)OC(=O)CNCc1cccc2c1OC(C)(C)C2. The molecule has 0 saturated carbocycles. The first-order valence-corrected chi connectivity index (χ1v) is 7.39. The smallest absolute Gasteiger partial charge is 0.320 e. The lowest BCUT2D eigenvalue weighted by atomic mass is 10.0. The van der Waals surface area contributed by atoms with Gasteiger partial charge in [-0.2, -0.15) is 0 Å². The largest absolute Gasteiger partial charge is 0.487 e. The summed E-state index contributed by atoms with van der Waals surface area (Å²) in [4.78, 5) is 11.7. The third-order valence-corrected chi connectivity index (χ3v) is 3.18. The lowest BCUT2D eigenvalue weighted by Gasteiger charge is -2.20. The summed E-state index contributed by atoms with van der Waals surface area (Å²) in [5.74, 6) is 0.718. The fourth-order valence-electron chi connectivity index (χ4n) is 2.50. The molecule has 0 bridgehead atoms. The molecule has 0 saturated heterocycles. The van der Waals surface area contributed by atoms with E-state index in [2.05, 4.69) is 25.2 Å². The van der Waals surface area contributed by atoms with Crippen LogP contribution in [0.5, 0.6) is 5.75 Å². The van der Waals surface area contributed by atoms with Crippen molar-refractivity contribution in [1.29, 1.82) is 0 Å². The number of benzene rings is 1. The Kier molecular flexibility index (Phi) is 4.28. The van der Waals surface area contributed by atoms with Crippen LogP contribution >= 0.6 is 0 Å². The number of nitrogens with one attached hydrogen (secondary N) is 1. The molecule has 0 aliphatic carbocycles. The van der Waals surface area contributed by atoms with E-state index in [1.165, 1.54) is 5.56 Å². The highest BCUT2D eigenvalue weighted by atomic mass is 16.6. The molecule has 1 heterocycles. The normalized spacial score (nSPS) is 16.2. The second kappa shape index (κ2) is 5.68. The van der Waals surface area contributed by atoms with E-state index in [4.69, 9.17) is 9.47 Å². The van der Waals surface area contributed by atoms with Gasteiger partial charge in [-0.3, -0.25) is 4.79 Å². The Bertz CT molecular complexity index is 529. The first-order valence-electron chi connectivity index (χ1n) is 7.39. The van der Waals surface area contributed by atoms with Crippen LogP contribution in [-0.2, 0) is 22.5 Å². The average Bonchev–Trinajstić information content (AvgIpc) is 2.61.